The fourth-order valence-corrected chi connectivity index (χ4v) is 4.25. The van der Waals surface area contributed by atoms with E-state index in [2.05, 4.69) is 33.0 Å². The average molecular weight is 458 g/mol. The van der Waals surface area contributed by atoms with Crippen molar-refractivity contribution >= 4 is 18.0 Å². The number of benzene rings is 1. The number of nitrogens with zero attached hydrogens (tertiary/aromatic N) is 7. The summed E-state index contributed by atoms with van der Waals surface area (Å²) >= 11 is 5.83. The normalized spacial score (nSPS) is 14.3. The first-order valence-electron chi connectivity index (χ1n) is 10.8. The molecule has 1 saturated heterocycles. The van der Waals surface area contributed by atoms with Crippen molar-refractivity contribution in [2.75, 3.05) is 31.1 Å². The summed E-state index contributed by atoms with van der Waals surface area (Å²) in [7, 11) is 0. The van der Waals surface area contributed by atoms with Crippen molar-refractivity contribution in [3.63, 3.8) is 0 Å². The number of pyridine rings is 1. The Labute approximate surface area is 196 Å². The zero-order chi connectivity index (χ0) is 22.6. The molecule has 1 aliphatic rings. The van der Waals surface area contributed by atoms with Gasteiger partial charge in [0.05, 0.1) is 31.1 Å². The minimum absolute atomic E-state index is 0.605. The highest BCUT2D eigenvalue weighted by atomic mass is 32.1. The number of nitriles is 1. The van der Waals surface area contributed by atoms with Crippen LogP contribution >= 0.6 is 12.2 Å². The SMILES string of the molecule is N#Cc1ccnc(N2CCN(Cn3nc(-c4ccco4)n(Cc4ccccc4)c3=S)CC2)c1. The van der Waals surface area contributed by atoms with Gasteiger partial charge >= 0.3 is 0 Å². The van der Waals surface area contributed by atoms with Gasteiger partial charge in [-0.3, -0.25) is 9.47 Å². The van der Waals surface area contributed by atoms with Crippen LogP contribution in [0.15, 0.2) is 71.5 Å². The van der Waals surface area contributed by atoms with Gasteiger partial charge in [0, 0.05) is 32.4 Å². The molecule has 0 saturated carbocycles. The van der Waals surface area contributed by atoms with E-state index in [0.717, 1.165) is 43.4 Å². The van der Waals surface area contributed by atoms with Crippen molar-refractivity contribution in [1.82, 2.24) is 24.2 Å². The number of rotatable bonds is 6. The molecule has 0 N–H and O–H groups in total. The van der Waals surface area contributed by atoms with E-state index in [0.29, 0.717) is 29.3 Å². The summed E-state index contributed by atoms with van der Waals surface area (Å²) in [5.74, 6) is 2.27. The summed E-state index contributed by atoms with van der Waals surface area (Å²) in [6, 6.07) is 19.7. The molecule has 0 amide bonds. The van der Waals surface area contributed by atoms with Crippen LogP contribution in [-0.4, -0.2) is 50.4 Å². The highest BCUT2D eigenvalue weighted by Crippen LogP contribution is 2.21. The Morgan fingerprint density at radius 3 is 2.58 bits per heavy atom. The molecule has 0 radical (unpaired) electrons. The molecule has 0 unspecified atom stereocenters. The van der Waals surface area contributed by atoms with Gasteiger partial charge in [-0.25, -0.2) is 9.67 Å². The van der Waals surface area contributed by atoms with E-state index < -0.39 is 0 Å². The highest BCUT2D eigenvalue weighted by molar-refractivity contribution is 7.71. The molecule has 166 valence electrons. The first-order valence-corrected chi connectivity index (χ1v) is 11.2. The second-order valence-electron chi connectivity index (χ2n) is 7.92. The first-order chi connectivity index (χ1) is 16.2. The Bertz CT molecular complexity index is 1310. The fourth-order valence-electron chi connectivity index (χ4n) is 4.00. The van der Waals surface area contributed by atoms with E-state index in [1.54, 1.807) is 18.5 Å². The Hall–Kier alpha value is -3.74. The molecule has 4 heterocycles. The highest BCUT2D eigenvalue weighted by Gasteiger charge is 2.21. The molecule has 9 heteroatoms. The summed E-state index contributed by atoms with van der Waals surface area (Å²) in [6.45, 7) is 4.58. The van der Waals surface area contributed by atoms with Gasteiger partial charge in [0.15, 0.2) is 16.4 Å². The summed E-state index contributed by atoms with van der Waals surface area (Å²) in [4.78, 5) is 8.96. The topological polar surface area (TPSA) is 79.1 Å². The number of hydrogen-bond donors (Lipinski definition) is 0. The Morgan fingerprint density at radius 2 is 1.85 bits per heavy atom. The third kappa shape index (κ3) is 4.58. The van der Waals surface area contributed by atoms with Gasteiger partial charge in [-0.05, 0) is 42.0 Å². The predicted molar refractivity (Wildman–Crippen MR) is 127 cm³/mol. The molecule has 0 atom stereocenters. The van der Waals surface area contributed by atoms with E-state index in [-0.39, 0.29) is 0 Å². The van der Waals surface area contributed by atoms with Gasteiger partial charge < -0.3 is 9.32 Å². The van der Waals surface area contributed by atoms with Crippen molar-refractivity contribution < 1.29 is 4.42 Å². The minimum Gasteiger partial charge on any atom is -0.461 e. The van der Waals surface area contributed by atoms with Crippen LogP contribution < -0.4 is 4.90 Å². The monoisotopic (exact) mass is 457 g/mol. The number of anilines is 1. The van der Waals surface area contributed by atoms with Crippen LogP contribution in [0, 0.1) is 16.1 Å². The molecule has 0 bridgehead atoms. The number of furan rings is 1. The quantitative estimate of drug-likeness (QED) is 0.408. The maximum atomic E-state index is 9.15. The van der Waals surface area contributed by atoms with Crippen molar-refractivity contribution in [3.8, 4) is 17.7 Å². The molecule has 1 aliphatic heterocycles. The lowest BCUT2D eigenvalue weighted by molar-refractivity contribution is 0.194. The smallest absolute Gasteiger partial charge is 0.199 e. The molecule has 0 aliphatic carbocycles. The van der Waals surface area contributed by atoms with Crippen LogP contribution in [0.2, 0.25) is 0 Å². The zero-order valence-electron chi connectivity index (χ0n) is 18.0. The van der Waals surface area contributed by atoms with Crippen molar-refractivity contribution in [1.29, 1.82) is 5.26 Å². The van der Waals surface area contributed by atoms with Crippen LogP contribution in [0.5, 0.6) is 0 Å². The van der Waals surface area contributed by atoms with E-state index in [9.17, 15) is 0 Å². The second kappa shape index (κ2) is 9.40. The van der Waals surface area contributed by atoms with Crippen LogP contribution in [-0.2, 0) is 13.2 Å². The molecule has 3 aromatic heterocycles. The van der Waals surface area contributed by atoms with Crippen LogP contribution in [0.1, 0.15) is 11.1 Å². The summed E-state index contributed by atoms with van der Waals surface area (Å²) < 4.78 is 10.2. The minimum atomic E-state index is 0.605. The van der Waals surface area contributed by atoms with E-state index in [1.807, 2.05) is 45.6 Å². The van der Waals surface area contributed by atoms with E-state index in [1.165, 1.54) is 0 Å². The van der Waals surface area contributed by atoms with Gasteiger partial charge in [0.2, 0.25) is 0 Å². The zero-order valence-corrected chi connectivity index (χ0v) is 18.9. The lowest BCUT2D eigenvalue weighted by atomic mass is 10.2. The molecule has 8 nitrogen and oxygen atoms in total. The first kappa shape index (κ1) is 21.1. The van der Waals surface area contributed by atoms with Gasteiger partial charge in [0.1, 0.15) is 5.82 Å². The summed E-state index contributed by atoms with van der Waals surface area (Å²) in [5, 5.41) is 14.0. The lowest BCUT2D eigenvalue weighted by Gasteiger charge is -2.35. The van der Waals surface area contributed by atoms with Crippen molar-refractivity contribution in [2.24, 2.45) is 0 Å². The maximum Gasteiger partial charge on any atom is 0.199 e. The van der Waals surface area contributed by atoms with Crippen LogP contribution in [0.25, 0.3) is 11.6 Å². The third-order valence-electron chi connectivity index (χ3n) is 5.75. The molecule has 33 heavy (non-hydrogen) atoms. The molecular weight excluding hydrogens is 434 g/mol. The van der Waals surface area contributed by atoms with Gasteiger partial charge in [-0.15, -0.1) is 5.10 Å². The van der Waals surface area contributed by atoms with Gasteiger partial charge in [0.25, 0.3) is 0 Å². The molecule has 5 rings (SSSR count). The van der Waals surface area contributed by atoms with Crippen LogP contribution in [0.4, 0.5) is 5.82 Å². The predicted octanol–water partition coefficient (Wildman–Crippen LogP) is 3.77. The number of piperazine rings is 1. The molecule has 1 fully saturated rings. The van der Waals surface area contributed by atoms with Crippen molar-refractivity contribution in [2.45, 2.75) is 13.2 Å². The molecule has 1 aromatic carbocycles. The standard InChI is InChI=1S/C24H23N7OS/c25-16-20-8-9-26-22(15-20)29-12-10-28(11-13-29)18-31-24(33)30(17-19-5-2-1-3-6-19)23(27-31)21-7-4-14-32-21/h1-9,14-15H,10-13,17-18H2. The third-order valence-corrected chi connectivity index (χ3v) is 6.18. The molecule has 0 spiro atoms. The second-order valence-corrected chi connectivity index (χ2v) is 8.28. The van der Waals surface area contributed by atoms with E-state index in [4.69, 9.17) is 27.0 Å². The summed E-state index contributed by atoms with van der Waals surface area (Å²) in [6.07, 6.45) is 3.34. The molecular formula is C24H23N7OS. The Kier molecular flexibility index (Phi) is 6.02. The van der Waals surface area contributed by atoms with Crippen LogP contribution in [0.3, 0.4) is 0 Å². The van der Waals surface area contributed by atoms with E-state index >= 15 is 0 Å². The average Bonchev–Trinajstić information content (AvgIpc) is 3.50. The fraction of sp³-hybridized carbons (Fsp3) is 0.250. The van der Waals surface area contributed by atoms with Gasteiger partial charge in [-0.2, -0.15) is 5.26 Å². The van der Waals surface area contributed by atoms with Crippen molar-refractivity contribution in [3.05, 3.63) is 83.0 Å². The Morgan fingerprint density at radius 1 is 1.03 bits per heavy atom. The maximum absolute atomic E-state index is 9.15. The molecule has 4 aromatic rings. The van der Waals surface area contributed by atoms with Gasteiger partial charge in [-0.1, -0.05) is 30.3 Å². The number of hydrogen-bond acceptors (Lipinski definition) is 7. The number of aromatic nitrogens is 4. The lowest BCUT2D eigenvalue weighted by Crippen LogP contribution is -2.47. The summed E-state index contributed by atoms with van der Waals surface area (Å²) in [5.41, 5.74) is 1.78. The Balaban J connectivity index is 1.33. The largest absolute Gasteiger partial charge is 0.461 e.